The fourth-order valence-electron chi connectivity index (χ4n) is 0.234. The molecule has 0 N–H and O–H groups in total. The van der Waals surface area contributed by atoms with Crippen molar-refractivity contribution in [3.05, 3.63) is 12.1 Å². The van der Waals surface area contributed by atoms with E-state index in [9.17, 15) is 0 Å². The molecule has 1 aromatic rings. The minimum atomic E-state index is 1.09. The van der Waals surface area contributed by atoms with Gasteiger partial charge in [0.2, 0.25) is 0 Å². The van der Waals surface area contributed by atoms with Crippen molar-refractivity contribution >= 4 is 56.5 Å². The summed E-state index contributed by atoms with van der Waals surface area (Å²) in [6, 6.07) is 0. The van der Waals surface area contributed by atoms with Crippen LogP contribution in [0, 0.1) is 6.72 Å². The lowest BCUT2D eigenvalue weighted by Gasteiger charge is -1.67. The number of aromatic nitrogens is 1. The molecule has 0 saturated carbocycles. The van der Waals surface area contributed by atoms with Gasteiger partial charge >= 0.3 is 0 Å². The van der Waals surface area contributed by atoms with Crippen LogP contribution in [0.1, 0.15) is 0 Å². The second-order valence-electron chi connectivity index (χ2n) is 0.923. The molecule has 1 rings (SSSR count). The molecule has 0 aromatic carbocycles. The Morgan fingerprint density at radius 1 is 1.57 bits per heavy atom. The first-order chi connectivity index (χ1) is 3.29. The van der Waals surface area contributed by atoms with E-state index in [1.54, 1.807) is 11.3 Å². The standard InChI is InChI=1S/C3HI2NS/c4-2-1-7-3(5)6-2/h1H. The molecule has 1 nitrogen and oxygen atoms in total. The quantitative estimate of drug-likeness (QED) is 0.663. The van der Waals surface area contributed by atoms with Gasteiger partial charge in [-0.15, -0.1) is 11.3 Å². The molecule has 0 spiro atoms. The summed E-state index contributed by atoms with van der Waals surface area (Å²) in [6.45, 7) is 0. The summed E-state index contributed by atoms with van der Waals surface area (Å²) in [4.78, 5) is 4.10. The lowest BCUT2D eigenvalue weighted by molar-refractivity contribution is 1.32. The first kappa shape index (κ1) is 6.21. The van der Waals surface area contributed by atoms with Gasteiger partial charge in [-0.2, -0.15) is 0 Å². The SMILES string of the molecule is Ic1csc(I)n1. The summed E-state index contributed by atoms with van der Waals surface area (Å²) < 4.78 is 2.20. The lowest BCUT2D eigenvalue weighted by Crippen LogP contribution is -1.64. The Kier molecular flexibility index (Phi) is 2.29. The Morgan fingerprint density at radius 2 is 2.29 bits per heavy atom. The average Bonchev–Trinajstić information content (AvgIpc) is 1.87. The van der Waals surface area contributed by atoms with Crippen LogP contribution < -0.4 is 0 Å². The van der Waals surface area contributed by atoms with Crippen LogP contribution in [0.2, 0.25) is 0 Å². The predicted octanol–water partition coefficient (Wildman–Crippen LogP) is 2.35. The molecule has 1 heterocycles. The summed E-state index contributed by atoms with van der Waals surface area (Å²) in [6.07, 6.45) is 0. The summed E-state index contributed by atoms with van der Waals surface area (Å²) in [7, 11) is 0. The van der Waals surface area contributed by atoms with E-state index in [4.69, 9.17) is 0 Å². The van der Waals surface area contributed by atoms with Gasteiger partial charge in [-0.3, -0.25) is 0 Å². The zero-order valence-corrected chi connectivity index (χ0v) is 8.32. The number of nitrogens with zero attached hydrogens (tertiary/aromatic N) is 1. The minimum absolute atomic E-state index is 1.09. The molecule has 0 radical (unpaired) electrons. The zero-order valence-electron chi connectivity index (χ0n) is 3.19. The fraction of sp³-hybridized carbons (Fsp3) is 0. The molecular weight excluding hydrogens is 336 g/mol. The third kappa shape index (κ3) is 1.80. The molecule has 0 fully saturated rings. The van der Waals surface area contributed by atoms with Crippen molar-refractivity contribution in [1.82, 2.24) is 4.98 Å². The largest absolute Gasteiger partial charge is 0.224 e. The van der Waals surface area contributed by atoms with Gasteiger partial charge in [-0.25, -0.2) is 4.98 Å². The maximum atomic E-state index is 4.10. The summed E-state index contributed by atoms with van der Waals surface area (Å²) in [5.74, 6) is 0. The van der Waals surface area contributed by atoms with Gasteiger partial charge in [0, 0.05) is 5.38 Å². The van der Waals surface area contributed by atoms with E-state index >= 15 is 0 Å². The van der Waals surface area contributed by atoms with Gasteiger partial charge in [-0.05, 0) is 45.2 Å². The van der Waals surface area contributed by atoms with Crippen molar-refractivity contribution in [3.63, 3.8) is 0 Å². The van der Waals surface area contributed by atoms with Gasteiger partial charge in [0.05, 0.1) is 0 Å². The summed E-state index contributed by atoms with van der Waals surface area (Å²) >= 11 is 6.07. The number of hydrogen-bond acceptors (Lipinski definition) is 2. The summed E-state index contributed by atoms with van der Waals surface area (Å²) in [5.41, 5.74) is 0. The van der Waals surface area contributed by atoms with E-state index in [1.165, 1.54) is 0 Å². The number of halogens is 2. The zero-order chi connectivity index (χ0) is 5.28. The predicted molar refractivity (Wildman–Crippen MR) is 47.5 cm³/mol. The molecule has 0 bridgehead atoms. The van der Waals surface area contributed by atoms with Crippen LogP contribution in [0.4, 0.5) is 0 Å². The van der Waals surface area contributed by atoms with E-state index in [0.29, 0.717) is 0 Å². The number of hydrogen-bond donors (Lipinski definition) is 0. The van der Waals surface area contributed by atoms with Crippen LogP contribution in [0.3, 0.4) is 0 Å². The maximum Gasteiger partial charge on any atom is 0.155 e. The average molecular weight is 337 g/mol. The monoisotopic (exact) mass is 337 g/mol. The van der Waals surface area contributed by atoms with Crippen LogP contribution >= 0.6 is 56.5 Å². The van der Waals surface area contributed by atoms with E-state index in [1.807, 2.05) is 5.38 Å². The van der Waals surface area contributed by atoms with Gasteiger partial charge in [0.25, 0.3) is 0 Å². The summed E-state index contributed by atoms with van der Waals surface area (Å²) in [5, 5.41) is 2.03. The molecule has 0 aliphatic heterocycles. The fourth-order valence-corrected chi connectivity index (χ4v) is 2.52. The molecule has 0 unspecified atom stereocenters. The van der Waals surface area contributed by atoms with Gasteiger partial charge in [0.1, 0.15) is 3.70 Å². The molecule has 0 aliphatic carbocycles. The molecule has 0 atom stereocenters. The van der Waals surface area contributed by atoms with Crippen LogP contribution in [0.15, 0.2) is 5.38 Å². The van der Waals surface area contributed by atoms with Gasteiger partial charge in [0.15, 0.2) is 3.01 Å². The smallest absolute Gasteiger partial charge is 0.155 e. The Morgan fingerprint density at radius 3 is 2.43 bits per heavy atom. The molecule has 0 amide bonds. The molecule has 4 heteroatoms. The van der Waals surface area contributed by atoms with Crippen LogP contribution in [0.5, 0.6) is 0 Å². The second-order valence-corrected chi connectivity index (χ2v) is 4.64. The number of rotatable bonds is 0. The molecule has 7 heavy (non-hydrogen) atoms. The third-order valence-corrected chi connectivity index (χ3v) is 3.05. The van der Waals surface area contributed by atoms with Crippen molar-refractivity contribution in [2.24, 2.45) is 0 Å². The number of thiazole rings is 1. The highest BCUT2D eigenvalue weighted by Crippen LogP contribution is 2.12. The molecule has 0 aliphatic rings. The third-order valence-electron chi connectivity index (χ3n) is 0.448. The highest BCUT2D eigenvalue weighted by molar-refractivity contribution is 14.1. The maximum absolute atomic E-state index is 4.10. The van der Waals surface area contributed by atoms with Crippen molar-refractivity contribution in [3.8, 4) is 0 Å². The van der Waals surface area contributed by atoms with Crippen LogP contribution in [-0.4, -0.2) is 4.98 Å². The Balaban J connectivity index is 3.04. The molecule has 38 valence electrons. The van der Waals surface area contributed by atoms with Crippen molar-refractivity contribution in [2.45, 2.75) is 0 Å². The lowest BCUT2D eigenvalue weighted by atomic mass is 11.0. The van der Waals surface area contributed by atoms with Crippen molar-refractivity contribution < 1.29 is 0 Å². The van der Waals surface area contributed by atoms with Gasteiger partial charge < -0.3 is 0 Å². The van der Waals surface area contributed by atoms with Gasteiger partial charge in [-0.1, -0.05) is 0 Å². The normalized spacial score (nSPS) is 9.43. The molecular formula is C3HI2NS. The Labute approximate surface area is 72.8 Å². The second kappa shape index (κ2) is 2.58. The van der Waals surface area contributed by atoms with E-state index in [0.717, 1.165) is 6.72 Å². The van der Waals surface area contributed by atoms with E-state index in [-0.39, 0.29) is 0 Å². The highest BCUT2D eigenvalue weighted by Gasteiger charge is 1.89. The molecule has 1 aromatic heterocycles. The first-order valence-corrected chi connectivity index (χ1v) is 4.59. The van der Waals surface area contributed by atoms with Crippen molar-refractivity contribution in [2.75, 3.05) is 0 Å². The Bertz CT molecular complexity index is 145. The highest BCUT2D eigenvalue weighted by atomic mass is 127. The topological polar surface area (TPSA) is 12.9 Å². The van der Waals surface area contributed by atoms with Crippen LogP contribution in [-0.2, 0) is 0 Å². The molecule has 0 saturated heterocycles. The Hall–Kier alpha value is 1.09. The minimum Gasteiger partial charge on any atom is -0.224 e. The van der Waals surface area contributed by atoms with E-state index in [2.05, 4.69) is 50.2 Å². The van der Waals surface area contributed by atoms with Crippen molar-refractivity contribution in [1.29, 1.82) is 0 Å². The first-order valence-electron chi connectivity index (χ1n) is 1.55. The van der Waals surface area contributed by atoms with Crippen LogP contribution in [0.25, 0.3) is 0 Å². The van der Waals surface area contributed by atoms with E-state index < -0.39 is 0 Å².